The van der Waals surface area contributed by atoms with Gasteiger partial charge in [0.2, 0.25) is 5.90 Å². The second-order valence-corrected chi connectivity index (χ2v) is 9.10. The van der Waals surface area contributed by atoms with E-state index in [1.165, 1.54) is 56.2 Å². The fraction of sp³-hybridized carbons (Fsp3) is 0.519. The van der Waals surface area contributed by atoms with Gasteiger partial charge >= 0.3 is 0 Å². The molecule has 0 fully saturated rings. The van der Waals surface area contributed by atoms with E-state index in [9.17, 15) is 0 Å². The van der Waals surface area contributed by atoms with Crippen LogP contribution < -0.4 is 0 Å². The van der Waals surface area contributed by atoms with Crippen molar-refractivity contribution >= 4 is 17.2 Å². The number of benzene rings is 1. The molecule has 0 saturated heterocycles. The Morgan fingerprint density at radius 3 is 2.65 bits per heavy atom. The first-order chi connectivity index (χ1) is 15.3. The highest BCUT2D eigenvalue weighted by Crippen LogP contribution is 2.17. The Morgan fingerprint density at radius 2 is 1.84 bits per heavy atom. The van der Waals surface area contributed by atoms with Gasteiger partial charge in [0.1, 0.15) is 12.6 Å². The van der Waals surface area contributed by atoms with Crippen molar-refractivity contribution in [2.24, 2.45) is 4.99 Å². The van der Waals surface area contributed by atoms with Crippen LogP contribution in [0.1, 0.15) is 80.7 Å². The standard InChI is InChI=1S/C27H35NO2S/c1-2-3-4-5-6-7-8-9-10-12-15-23-18-26(31-22-23)21-29-19-25-20-30-27(28-25)24-16-13-11-14-17-24/h11,13-14,16-18,22,25H,2-10,19-21H2,1H3. The Hall–Kier alpha value is -2.09. The van der Waals surface area contributed by atoms with Crippen molar-refractivity contribution in [3.63, 3.8) is 0 Å². The number of rotatable bonds is 13. The molecule has 1 unspecified atom stereocenters. The Morgan fingerprint density at radius 1 is 1.06 bits per heavy atom. The van der Waals surface area contributed by atoms with E-state index in [0.29, 0.717) is 19.8 Å². The Kier molecular flexibility index (Phi) is 10.7. The highest BCUT2D eigenvalue weighted by atomic mass is 32.1. The van der Waals surface area contributed by atoms with Crippen LogP contribution in [0.4, 0.5) is 0 Å². The van der Waals surface area contributed by atoms with Gasteiger partial charge in [-0.2, -0.15) is 0 Å². The average Bonchev–Trinajstić information content (AvgIpc) is 3.46. The lowest BCUT2D eigenvalue weighted by Gasteiger charge is -2.05. The third kappa shape index (κ3) is 8.89. The molecule has 166 valence electrons. The molecule has 3 rings (SSSR count). The summed E-state index contributed by atoms with van der Waals surface area (Å²) in [6.07, 6.45) is 11.8. The summed E-state index contributed by atoms with van der Waals surface area (Å²) < 4.78 is 11.6. The fourth-order valence-electron chi connectivity index (χ4n) is 3.57. The summed E-state index contributed by atoms with van der Waals surface area (Å²) in [5, 5.41) is 2.13. The predicted molar refractivity (Wildman–Crippen MR) is 131 cm³/mol. The third-order valence-electron chi connectivity index (χ3n) is 5.33. The molecular weight excluding hydrogens is 402 g/mol. The van der Waals surface area contributed by atoms with Crippen LogP contribution in [-0.2, 0) is 16.1 Å². The molecule has 1 atom stereocenters. The molecule has 0 radical (unpaired) electrons. The topological polar surface area (TPSA) is 30.8 Å². The molecule has 1 aliphatic heterocycles. The maximum absolute atomic E-state index is 5.88. The first kappa shape index (κ1) is 23.6. The van der Waals surface area contributed by atoms with Gasteiger partial charge in [0.25, 0.3) is 0 Å². The molecule has 0 spiro atoms. The molecule has 31 heavy (non-hydrogen) atoms. The zero-order chi connectivity index (χ0) is 21.6. The van der Waals surface area contributed by atoms with Gasteiger partial charge in [-0.25, -0.2) is 4.99 Å². The summed E-state index contributed by atoms with van der Waals surface area (Å²) in [5.41, 5.74) is 2.13. The van der Waals surface area contributed by atoms with Gasteiger partial charge in [-0.05, 0) is 24.6 Å². The zero-order valence-corrected chi connectivity index (χ0v) is 19.6. The van der Waals surface area contributed by atoms with Crippen LogP contribution in [0.2, 0.25) is 0 Å². The monoisotopic (exact) mass is 437 g/mol. The summed E-state index contributed by atoms with van der Waals surface area (Å²) in [7, 11) is 0. The van der Waals surface area contributed by atoms with E-state index in [0.717, 1.165) is 23.4 Å². The lowest BCUT2D eigenvalue weighted by Crippen LogP contribution is -2.14. The van der Waals surface area contributed by atoms with E-state index >= 15 is 0 Å². The van der Waals surface area contributed by atoms with Gasteiger partial charge in [-0.15, -0.1) is 11.3 Å². The summed E-state index contributed by atoms with van der Waals surface area (Å²) in [6.45, 7) is 4.04. The van der Waals surface area contributed by atoms with E-state index in [-0.39, 0.29) is 6.04 Å². The number of hydrogen-bond donors (Lipinski definition) is 0. The lowest BCUT2D eigenvalue weighted by atomic mass is 10.1. The van der Waals surface area contributed by atoms with Crippen LogP contribution in [0.15, 0.2) is 46.8 Å². The van der Waals surface area contributed by atoms with Gasteiger partial charge in [-0.3, -0.25) is 0 Å². The molecule has 0 saturated carbocycles. The molecule has 0 amide bonds. The van der Waals surface area contributed by atoms with E-state index < -0.39 is 0 Å². The Labute approximate surface area is 191 Å². The van der Waals surface area contributed by atoms with Crippen molar-refractivity contribution in [3.8, 4) is 11.8 Å². The van der Waals surface area contributed by atoms with E-state index in [1.54, 1.807) is 11.3 Å². The molecule has 0 aliphatic carbocycles. The summed E-state index contributed by atoms with van der Waals surface area (Å²) in [6, 6.07) is 12.2. The molecule has 1 aromatic carbocycles. The van der Waals surface area contributed by atoms with Crippen LogP contribution in [-0.4, -0.2) is 25.2 Å². The fourth-order valence-corrected chi connectivity index (χ4v) is 4.32. The first-order valence-electron chi connectivity index (χ1n) is 11.7. The minimum atomic E-state index is 0.0704. The zero-order valence-electron chi connectivity index (χ0n) is 18.8. The van der Waals surface area contributed by atoms with Crippen LogP contribution in [0.5, 0.6) is 0 Å². The molecule has 0 bridgehead atoms. The molecule has 1 aliphatic rings. The smallest absolute Gasteiger partial charge is 0.216 e. The van der Waals surface area contributed by atoms with Gasteiger partial charge in [0.15, 0.2) is 0 Å². The summed E-state index contributed by atoms with van der Waals surface area (Å²) in [4.78, 5) is 5.85. The van der Waals surface area contributed by atoms with E-state index in [4.69, 9.17) is 9.47 Å². The van der Waals surface area contributed by atoms with Crippen LogP contribution >= 0.6 is 11.3 Å². The highest BCUT2D eigenvalue weighted by molar-refractivity contribution is 7.10. The van der Waals surface area contributed by atoms with Crippen LogP contribution in [0, 0.1) is 11.8 Å². The van der Waals surface area contributed by atoms with Gasteiger partial charge in [0.05, 0.1) is 13.2 Å². The SMILES string of the molecule is CCCCCCCCCCC#Cc1csc(COCC2COC(c3ccccc3)=N2)c1. The Bertz CT molecular complexity index is 847. The second-order valence-electron chi connectivity index (χ2n) is 8.11. The van der Waals surface area contributed by atoms with Crippen molar-refractivity contribution in [2.45, 2.75) is 77.4 Å². The van der Waals surface area contributed by atoms with Gasteiger partial charge in [-0.1, -0.05) is 81.9 Å². The van der Waals surface area contributed by atoms with Crippen LogP contribution in [0.25, 0.3) is 0 Å². The number of aliphatic imine (C=N–C) groups is 1. The van der Waals surface area contributed by atoms with Crippen LogP contribution in [0.3, 0.4) is 0 Å². The third-order valence-corrected chi connectivity index (χ3v) is 6.24. The molecule has 0 N–H and O–H groups in total. The summed E-state index contributed by atoms with van der Waals surface area (Å²) >= 11 is 1.72. The number of hydrogen-bond acceptors (Lipinski definition) is 4. The van der Waals surface area contributed by atoms with Crippen molar-refractivity contribution in [1.29, 1.82) is 0 Å². The van der Waals surface area contributed by atoms with Crippen molar-refractivity contribution < 1.29 is 9.47 Å². The van der Waals surface area contributed by atoms with Crippen molar-refractivity contribution in [3.05, 3.63) is 57.8 Å². The normalized spacial score (nSPS) is 15.3. The maximum atomic E-state index is 5.88. The average molecular weight is 438 g/mol. The summed E-state index contributed by atoms with van der Waals surface area (Å²) in [5.74, 6) is 7.35. The van der Waals surface area contributed by atoms with Crippen molar-refractivity contribution in [2.75, 3.05) is 13.2 Å². The number of nitrogens with zero attached hydrogens (tertiary/aromatic N) is 1. The van der Waals surface area contributed by atoms with E-state index in [2.05, 4.69) is 35.2 Å². The number of unbranched alkanes of at least 4 members (excludes halogenated alkanes) is 8. The molecule has 3 nitrogen and oxygen atoms in total. The largest absolute Gasteiger partial charge is 0.475 e. The predicted octanol–water partition coefficient (Wildman–Crippen LogP) is 6.99. The molecule has 2 heterocycles. The minimum absolute atomic E-state index is 0.0704. The Balaban J connectivity index is 1.28. The molecule has 4 heteroatoms. The maximum Gasteiger partial charge on any atom is 0.216 e. The first-order valence-corrected chi connectivity index (χ1v) is 12.6. The lowest BCUT2D eigenvalue weighted by molar-refractivity contribution is 0.102. The highest BCUT2D eigenvalue weighted by Gasteiger charge is 2.20. The van der Waals surface area contributed by atoms with E-state index in [1.807, 2.05) is 30.3 Å². The van der Waals surface area contributed by atoms with Gasteiger partial charge in [0, 0.05) is 27.8 Å². The molecular formula is C27H35NO2S. The number of ether oxygens (including phenoxy) is 2. The minimum Gasteiger partial charge on any atom is -0.475 e. The molecule has 2 aromatic rings. The van der Waals surface area contributed by atoms with Crippen molar-refractivity contribution in [1.82, 2.24) is 0 Å². The second kappa shape index (κ2) is 14.1. The molecule has 1 aromatic heterocycles. The quantitative estimate of drug-likeness (QED) is 0.250. The number of thiophene rings is 1. The van der Waals surface area contributed by atoms with Gasteiger partial charge < -0.3 is 9.47 Å².